The van der Waals surface area contributed by atoms with Gasteiger partial charge in [-0.25, -0.2) is 9.59 Å². The lowest BCUT2D eigenvalue weighted by molar-refractivity contribution is -0.139. The SMILES string of the molecule is COC(=O)C1=C(C(=O)OC)C23c4c5c6c7c8c9c(c%10c%11c2c2c4c4c%12c5c5c6c6c8c8c%13c9c9c%10c%10c%11c%11c2c2c4c4c%12c%12c5c5c6c8c6c8c%13c9c9c%10c%10c%11c2c2c4c4c%12c5c6c5c8c9c%10c2c45)C73N1c1ccc(C)cc1. The van der Waals surface area contributed by atoms with Crippen LogP contribution in [0.25, 0.3) is 291 Å². The summed E-state index contributed by atoms with van der Waals surface area (Å²) in [7, 11) is 3.07. The maximum absolute atomic E-state index is 16.5. The number of ether oxygens (including phenoxy) is 2. The van der Waals surface area contributed by atoms with Crippen LogP contribution >= 0.6 is 0 Å². The van der Waals surface area contributed by atoms with Crippen molar-refractivity contribution in [2.24, 2.45) is 0 Å². The average Bonchev–Trinajstić information content (AvgIpc) is 1.76. The van der Waals surface area contributed by atoms with E-state index in [-0.39, 0.29) is 0 Å². The van der Waals surface area contributed by atoms with Crippen molar-refractivity contribution in [2.45, 2.75) is 17.9 Å². The highest BCUT2D eigenvalue weighted by molar-refractivity contribution is 6.82. The first kappa shape index (κ1) is 30.6. The van der Waals surface area contributed by atoms with E-state index in [1.807, 2.05) is 0 Å². The summed E-state index contributed by atoms with van der Waals surface area (Å²) in [6, 6.07) is 8.88. The van der Waals surface area contributed by atoms with Crippen molar-refractivity contribution in [2.75, 3.05) is 19.1 Å². The summed E-state index contributed by atoms with van der Waals surface area (Å²) in [5, 5.41) is 79.8. The molecule has 0 unspecified atom stereocenters. The second-order valence-electron chi connectivity index (χ2n) is 27.1. The van der Waals surface area contributed by atoms with Crippen LogP contribution < -0.4 is 4.90 Å². The number of methoxy groups -OCH3 is 2. The molecular formula is C73H13NO4. The molecule has 1 aliphatic heterocycles. The van der Waals surface area contributed by atoms with Crippen molar-refractivity contribution in [3.8, 4) is 0 Å². The molecule has 0 saturated heterocycles. The van der Waals surface area contributed by atoms with Gasteiger partial charge in [0.2, 0.25) is 0 Å². The molecule has 0 N–H and O–H groups in total. The van der Waals surface area contributed by atoms with Crippen molar-refractivity contribution < 1.29 is 19.1 Å². The Kier molecular flexibility index (Phi) is 2.80. The number of carbonyl (C=O) groups is 2. The molecule has 0 aromatic heterocycles. The summed E-state index contributed by atoms with van der Waals surface area (Å²) in [6.07, 6.45) is 0. The molecule has 5 nitrogen and oxygen atoms in total. The van der Waals surface area contributed by atoms with E-state index in [9.17, 15) is 0 Å². The van der Waals surface area contributed by atoms with Gasteiger partial charge in [-0.05, 0) is 321 Å². The standard InChI is InChI=1S/C73H13NO4/c1-8-4-6-9(7-5-8)74-69(71(76)78-3)68(70(75)77-2)72-64-56-48-38-28-20-12-10-11-14-18-16(12)24-32-26(18)36-30-22(14)23-15(11)19-17-13(10)21(20)29-35-25(17)33-27(19)37-31(23)41-40(30)52-46(36)54-44(32)50(42(48)34(24)28)58(64)60(54)66-62(52)63-53(41)47(37)55-45(33)51-43(35)49(39(29)38)57(56)65(72)59(51)61(55)67(63)73(66,72)74/h4-7H,1-3H3. The van der Waals surface area contributed by atoms with Gasteiger partial charge in [-0.2, -0.15) is 0 Å². The highest BCUT2D eigenvalue weighted by Crippen LogP contribution is 2.87. The molecule has 0 amide bonds. The van der Waals surface area contributed by atoms with Crippen LogP contribution in [0.4, 0.5) is 5.69 Å². The molecule has 29 aromatic carbocycles. The second kappa shape index (κ2) is 7.12. The summed E-state index contributed by atoms with van der Waals surface area (Å²) in [4.78, 5) is 35.0. The van der Waals surface area contributed by atoms with Crippen LogP contribution in [-0.4, -0.2) is 26.2 Å². The zero-order chi connectivity index (χ0) is 47.8. The maximum Gasteiger partial charge on any atom is 0.355 e. The molecule has 334 valence electrons. The van der Waals surface area contributed by atoms with Gasteiger partial charge >= 0.3 is 11.9 Å². The third-order valence-electron chi connectivity index (χ3n) is 26.5. The van der Waals surface area contributed by atoms with Crippen LogP contribution in [0.1, 0.15) is 27.8 Å². The van der Waals surface area contributed by atoms with Crippen LogP contribution in [0.5, 0.6) is 0 Å². The third kappa shape index (κ3) is 1.68. The van der Waals surface area contributed by atoms with Crippen molar-refractivity contribution in [3.05, 3.63) is 63.4 Å². The van der Waals surface area contributed by atoms with Gasteiger partial charge in [0.05, 0.1) is 25.2 Å². The first-order valence-corrected chi connectivity index (χ1v) is 28.1. The van der Waals surface area contributed by atoms with Crippen molar-refractivity contribution in [1.82, 2.24) is 0 Å². The number of aryl methyl sites for hydroxylation is 1. The summed E-state index contributed by atoms with van der Waals surface area (Å²) in [5.41, 5.74) is 5.63. The van der Waals surface area contributed by atoms with Gasteiger partial charge in [-0.1, -0.05) is 17.7 Å². The molecule has 0 atom stereocenters. The van der Waals surface area contributed by atoms with E-state index >= 15 is 9.59 Å². The predicted molar refractivity (Wildman–Crippen MR) is 319 cm³/mol. The Morgan fingerprint density at radius 2 is 0.500 bits per heavy atom. The molecule has 5 aliphatic rings. The first-order chi connectivity index (χ1) is 38.6. The molecule has 0 radical (unpaired) electrons. The number of anilines is 1. The van der Waals surface area contributed by atoms with Gasteiger partial charge in [0.1, 0.15) is 11.2 Å². The van der Waals surface area contributed by atoms with Gasteiger partial charge in [0.25, 0.3) is 0 Å². The van der Waals surface area contributed by atoms with E-state index in [4.69, 9.17) is 9.47 Å². The predicted octanol–water partition coefficient (Wildman–Crippen LogP) is 17.7. The van der Waals surface area contributed by atoms with E-state index in [1.54, 1.807) is 61.0 Å². The number of nitrogens with zero attached hydrogens (tertiary/aromatic N) is 1. The van der Waals surface area contributed by atoms with E-state index in [2.05, 4.69) is 36.1 Å². The minimum atomic E-state index is -1.21. The van der Waals surface area contributed by atoms with E-state index in [1.165, 1.54) is 266 Å². The van der Waals surface area contributed by atoms with Gasteiger partial charge in [0.15, 0.2) is 0 Å². The number of rotatable bonds is 3. The number of hydrogen-bond acceptors (Lipinski definition) is 5. The minimum absolute atomic E-state index is 0.322. The molecule has 4 aliphatic carbocycles. The Labute approximate surface area is 425 Å². The lowest BCUT2D eigenvalue weighted by Gasteiger charge is -2.54. The summed E-state index contributed by atoms with van der Waals surface area (Å²) in [6.45, 7) is 2.15. The van der Waals surface area contributed by atoms with Crippen LogP contribution in [0.3, 0.4) is 0 Å². The zero-order valence-corrected chi connectivity index (χ0v) is 40.4. The Hall–Kier alpha value is -9.84. The Balaban J connectivity index is 1.13. The fourth-order valence-corrected chi connectivity index (χ4v) is 26.1. The highest BCUT2D eigenvalue weighted by Gasteiger charge is 2.79. The average molecular weight is 968 g/mol. The smallest absolute Gasteiger partial charge is 0.355 e. The van der Waals surface area contributed by atoms with E-state index in [0.29, 0.717) is 11.3 Å². The van der Waals surface area contributed by atoms with Crippen LogP contribution in [0.2, 0.25) is 0 Å². The first-order valence-electron chi connectivity index (χ1n) is 28.1. The molecule has 78 heavy (non-hydrogen) atoms. The fourth-order valence-electron chi connectivity index (χ4n) is 26.1. The molecule has 34 rings (SSSR count). The highest BCUT2D eigenvalue weighted by atomic mass is 16.5. The Bertz CT molecular complexity index is 7670. The van der Waals surface area contributed by atoms with Crippen molar-refractivity contribution in [1.29, 1.82) is 0 Å². The molecular weight excluding hydrogens is 955 g/mol. The monoisotopic (exact) mass is 967 g/mol. The van der Waals surface area contributed by atoms with E-state index < -0.39 is 22.9 Å². The number of benzene rings is 19. The molecule has 0 saturated carbocycles. The normalized spacial score (nSPS) is 21.4. The molecule has 5 heteroatoms. The molecule has 0 fully saturated rings. The molecule has 1 heterocycles. The fraction of sp³-hybridized carbons (Fsp3) is 0.0685. The summed E-state index contributed by atoms with van der Waals surface area (Å²) >= 11 is 0. The summed E-state index contributed by atoms with van der Waals surface area (Å²) < 4.78 is 12.6. The largest absolute Gasteiger partial charge is 0.466 e. The molecule has 29 aromatic rings. The topological polar surface area (TPSA) is 55.8 Å². The van der Waals surface area contributed by atoms with Gasteiger partial charge in [0, 0.05) is 16.8 Å². The lowest BCUT2D eigenvalue weighted by Crippen LogP contribution is -2.58. The van der Waals surface area contributed by atoms with Gasteiger partial charge < -0.3 is 14.4 Å². The van der Waals surface area contributed by atoms with Gasteiger partial charge in [-0.15, -0.1) is 0 Å². The Morgan fingerprint density at radius 3 is 0.718 bits per heavy atom. The third-order valence-corrected chi connectivity index (χ3v) is 26.5. The van der Waals surface area contributed by atoms with Crippen molar-refractivity contribution >= 4 is 308 Å². The number of hydrogen-bond donors (Lipinski definition) is 0. The quantitative estimate of drug-likeness (QED) is 0.130. The molecule has 0 bridgehead atoms. The zero-order valence-electron chi connectivity index (χ0n) is 40.4. The van der Waals surface area contributed by atoms with Crippen LogP contribution in [0, 0.1) is 6.92 Å². The van der Waals surface area contributed by atoms with Gasteiger partial charge in [-0.3, -0.25) is 0 Å². The second-order valence-corrected chi connectivity index (χ2v) is 27.1. The number of carbonyl (C=O) groups excluding carboxylic acids is 2. The molecule has 2 spiro atoms. The van der Waals surface area contributed by atoms with E-state index in [0.717, 1.165) is 11.3 Å². The van der Waals surface area contributed by atoms with Crippen LogP contribution in [-0.2, 0) is 30.0 Å². The maximum atomic E-state index is 16.5. The minimum Gasteiger partial charge on any atom is -0.466 e. The van der Waals surface area contributed by atoms with Crippen molar-refractivity contribution in [3.63, 3.8) is 0 Å². The summed E-state index contributed by atoms with van der Waals surface area (Å²) in [5.74, 6) is -0.936. The van der Waals surface area contributed by atoms with Crippen LogP contribution in [0.15, 0.2) is 35.5 Å². The lowest BCUT2D eigenvalue weighted by atomic mass is 9.51. The Morgan fingerprint density at radius 1 is 0.295 bits per heavy atom. The number of esters is 2.